The molecule has 1 fully saturated rings. The molecular formula is C19H25N3O3S. The van der Waals surface area contributed by atoms with Crippen LogP contribution in [0.4, 0.5) is 5.82 Å². The van der Waals surface area contributed by atoms with Gasteiger partial charge in [-0.05, 0) is 42.4 Å². The summed E-state index contributed by atoms with van der Waals surface area (Å²) >= 11 is 0. The third-order valence-electron chi connectivity index (χ3n) is 4.68. The summed E-state index contributed by atoms with van der Waals surface area (Å²) in [5.41, 5.74) is 1.09. The number of sulfonamides is 1. The van der Waals surface area contributed by atoms with Crippen LogP contribution in [0.5, 0.6) is 5.88 Å². The standard InChI is InChI=1S/C19H25N3O3S/c1-14(2)16-7-9-17(10-8-16)26(23,24)22-18-19(21-12-11-20-18)25-13-15-5-3-4-6-15/h7-12,14-15H,3-6,13H2,1-2H3,(H,20,22). The Morgan fingerprint density at radius 3 is 2.42 bits per heavy atom. The molecule has 1 aromatic heterocycles. The maximum absolute atomic E-state index is 12.7. The van der Waals surface area contributed by atoms with E-state index < -0.39 is 10.0 Å². The number of anilines is 1. The molecule has 1 N–H and O–H groups in total. The van der Waals surface area contributed by atoms with Crippen molar-refractivity contribution in [1.82, 2.24) is 9.97 Å². The molecule has 3 rings (SSSR count). The number of hydrogen-bond donors (Lipinski definition) is 1. The number of nitrogens with one attached hydrogen (secondary N) is 1. The molecule has 26 heavy (non-hydrogen) atoms. The molecule has 7 heteroatoms. The highest BCUT2D eigenvalue weighted by atomic mass is 32.2. The maximum atomic E-state index is 12.7. The highest BCUT2D eigenvalue weighted by Crippen LogP contribution is 2.27. The topological polar surface area (TPSA) is 81.2 Å². The van der Waals surface area contributed by atoms with Crippen molar-refractivity contribution >= 4 is 15.8 Å². The zero-order valence-electron chi connectivity index (χ0n) is 15.2. The fourth-order valence-corrected chi connectivity index (χ4v) is 4.10. The van der Waals surface area contributed by atoms with Crippen LogP contribution in [0, 0.1) is 5.92 Å². The van der Waals surface area contributed by atoms with Crippen molar-refractivity contribution in [3.63, 3.8) is 0 Å². The Bertz CT molecular complexity index is 829. The van der Waals surface area contributed by atoms with Crippen molar-refractivity contribution in [2.24, 2.45) is 5.92 Å². The molecule has 1 saturated carbocycles. The first-order chi connectivity index (χ1) is 12.5. The fourth-order valence-electron chi connectivity index (χ4n) is 3.09. The zero-order valence-corrected chi connectivity index (χ0v) is 16.0. The molecule has 0 atom stereocenters. The molecule has 1 aliphatic carbocycles. The van der Waals surface area contributed by atoms with E-state index in [2.05, 4.69) is 28.5 Å². The Morgan fingerprint density at radius 2 is 1.77 bits per heavy atom. The van der Waals surface area contributed by atoms with E-state index in [0.29, 0.717) is 18.4 Å². The molecule has 0 saturated heterocycles. The van der Waals surface area contributed by atoms with Crippen LogP contribution in [0.2, 0.25) is 0 Å². The lowest BCUT2D eigenvalue weighted by Gasteiger charge is -2.14. The molecule has 0 spiro atoms. The van der Waals surface area contributed by atoms with Gasteiger partial charge in [-0.15, -0.1) is 0 Å². The van der Waals surface area contributed by atoms with Crippen molar-refractivity contribution in [2.75, 3.05) is 11.3 Å². The fraction of sp³-hybridized carbons (Fsp3) is 0.474. The van der Waals surface area contributed by atoms with Crippen molar-refractivity contribution in [3.05, 3.63) is 42.2 Å². The molecule has 1 heterocycles. The first-order valence-electron chi connectivity index (χ1n) is 9.02. The van der Waals surface area contributed by atoms with Crippen molar-refractivity contribution in [2.45, 2.75) is 50.3 Å². The number of aromatic nitrogens is 2. The van der Waals surface area contributed by atoms with E-state index in [1.165, 1.54) is 25.2 Å². The monoisotopic (exact) mass is 375 g/mol. The molecular weight excluding hydrogens is 350 g/mol. The van der Waals surface area contributed by atoms with Gasteiger partial charge in [-0.25, -0.2) is 18.4 Å². The number of nitrogens with zero attached hydrogens (tertiary/aromatic N) is 2. The van der Waals surface area contributed by atoms with E-state index in [1.54, 1.807) is 12.1 Å². The summed E-state index contributed by atoms with van der Waals surface area (Å²) in [6.45, 7) is 4.67. The van der Waals surface area contributed by atoms with Crippen LogP contribution in [0.3, 0.4) is 0 Å². The van der Waals surface area contributed by atoms with Gasteiger partial charge in [0.05, 0.1) is 11.5 Å². The highest BCUT2D eigenvalue weighted by molar-refractivity contribution is 7.92. The van der Waals surface area contributed by atoms with E-state index in [4.69, 9.17) is 4.74 Å². The molecule has 1 aliphatic rings. The maximum Gasteiger partial charge on any atom is 0.263 e. The minimum absolute atomic E-state index is 0.124. The van der Waals surface area contributed by atoms with Crippen LogP contribution >= 0.6 is 0 Å². The predicted octanol–water partition coefficient (Wildman–Crippen LogP) is 3.97. The van der Waals surface area contributed by atoms with Gasteiger partial charge in [0.1, 0.15) is 0 Å². The summed E-state index contributed by atoms with van der Waals surface area (Å²) in [5, 5.41) is 0. The van der Waals surface area contributed by atoms with Crippen LogP contribution in [-0.4, -0.2) is 25.0 Å². The lowest BCUT2D eigenvalue weighted by molar-refractivity contribution is 0.244. The van der Waals surface area contributed by atoms with Gasteiger partial charge in [-0.2, -0.15) is 0 Å². The Labute approximate surface area is 155 Å². The van der Waals surface area contributed by atoms with E-state index in [0.717, 1.165) is 18.4 Å². The van der Waals surface area contributed by atoms with Gasteiger partial charge in [0, 0.05) is 12.4 Å². The van der Waals surface area contributed by atoms with E-state index in [-0.39, 0.29) is 16.6 Å². The van der Waals surface area contributed by atoms with Gasteiger partial charge in [-0.1, -0.05) is 38.8 Å². The number of benzene rings is 1. The molecule has 2 aromatic rings. The highest BCUT2D eigenvalue weighted by Gasteiger charge is 2.20. The predicted molar refractivity (Wildman–Crippen MR) is 101 cm³/mol. The van der Waals surface area contributed by atoms with Gasteiger partial charge >= 0.3 is 0 Å². The summed E-state index contributed by atoms with van der Waals surface area (Å²) in [6.07, 6.45) is 7.68. The Kier molecular flexibility index (Phi) is 5.76. The number of rotatable bonds is 7. The molecule has 0 bridgehead atoms. The normalized spacial score (nSPS) is 15.3. The Morgan fingerprint density at radius 1 is 1.12 bits per heavy atom. The molecule has 140 valence electrons. The lowest BCUT2D eigenvalue weighted by Crippen LogP contribution is -2.17. The van der Waals surface area contributed by atoms with Crippen LogP contribution in [0.15, 0.2) is 41.6 Å². The van der Waals surface area contributed by atoms with Crippen molar-refractivity contribution in [1.29, 1.82) is 0 Å². The average molecular weight is 375 g/mol. The van der Waals surface area contributed by atoms with Gasteiger partial charge in [0.15, 0.2) is 0 Å². The Hall–Kier alpha value is -2.15. The Balaban J connectivity index is 1.74. The van der Waals surface area contributed by atoms with E-state index in [1.807, 2.05) is 12.1 Å². The summed E-state index contributed by atoms with van der Waals surface area (Å²) in [7, 11) is -3.75. The number of ether oxygens (including phenoxy) is 1. The van der Waals surface area contributed by atoms with Crippen molar-refractivity contribution in [3.8, 4) is 5.88 Å². The molecule has 0 amide bonds. The quantitative estimate of drug-likeness (QED) is 0.792. The van der Waals surface area contributed by atoms with Crippen LogP contribution in [0.1, 0.15) is 51.0 Å². The first kappa shape index (κ1) is 18.6. The molecule has 0 unspecified atom stereocenters. The van der Waals surface area contributed by atoms with Crippen LogP contribution < -0.4 is 9.46 Å². The smallest absolute Gasteiger partial charge is 0.263 e. The summed E-state index contributed by atoms with van der Waals surface area (Å²) in [5.74, 6) is 1.19. The van der Waals surface area contributed by atoms with Crippen LogP contribution in [-0.2, 0) is 10.0 Å². The average Bonchev–Trinajstić information content (AvgIpc) is 3.14. The SMILES string of the molecule is CC(C)c1ccc(S(=O)(=O)Nc2nccnc2OCC2CCCC2)cc1. The largest absolute Gasteiger partial charge is 0.475 e. The zero-order chi connectivity index (χ0) is 18.6. The summed E-state index contributed by atoms with van der Waals surface area (Å²) < 4.78 is 33.6. The lowest BCUT2D eigenvalue weighted by atomic mass is 10.0. The third-order valence-corrected chi connectivity index (χ3v) is 6.04. The van der Waals surface area contributed by atoms with E-state index >= 15 is 0 Å². The second kappa shape index (κ2) is 8.03. The van der Waals surface area contributed by atoms with E-state index in [9.17, 15) is 8.42 Å². The second-order valence-electron chi connectivity index (χ2n) is 7.00. The second-order valence-corrected chi connectivity index (χ2v) is 8.68. The molecule has 1 aromatic carbocycles. The summed E-state index contributed by atoms with van der Waals surface area (Å²) in [6, 6.07) is 6.86. The third kappa shape index (κ3) is 4.52. The number of hydrogen-bond acceptors (Lipinski definition) is 5. The first-order valence-corrected chi connectivity index (χ1v) is 10.5. The van der Waals surface area contributed by atoms with Crippen molar-refractivity contribution < 1.29 is 13.2 Å². The minimum Gasteiger partial charge on any atom is -0.475 e. The van der Waals surface area contributed by atoms with Crippen LogP contribution in [0.25, 0.3) is 0 Å². The molecule has 0 radical (unpaired) electrons. The van der Waals surface area contributed by atoms with Gasteiger partial charge < -0.3 is 4.74 Å². The van der Waals surface area contributed by atoms with Gasteiger partial charge in [0.25, 0.3) is 15.9 Å². The molecule has 0 aliphatic heterocycles. The minimum atomic E-state index is -3.75. The summed E-state index contributed by atoms with van der Waals surface area (Å²) in [4.78, 5) is 8.43. The van der Waals surface area contributed by atoms with Gasteiger partial charge in [0.2, 0.25) is 5.82 Å². The molecule has 6 nitrogen and oxygen atoms in total. The van der Waals surface area contributed by atoms with Gasteiger partial charge in [-0.3, -0.25) is 4.72 Å².